The van der Waals surface area contributed by atoms with Gasteiger partial charge in [0.05, 0.1) is 11.8 Å². The highest BCUT2D eigenvalue weighted by Gasteiger charge is 2.27. The number of aromatic nitrogens is 5. The molecule has 1 unspecified atom stereocenters. The number of nitrogens with zero attached hydrogens (tertiary/aromatic N) is 4. The molecule has 2 aromatic carbocycles. The number of carbonyl (C=O) groups is 1. The molecule has 0 radical (unpaired) electrons. The standard InChI is InChI=1S/C25H21N7O2/c33-23(20-11-26-9-15-5-1-4-8-19(15)20)27-10-17-14-32(13-16-6-2-3-7-18(16)17)25-29-22-21(12-28-31-22)24(34)30-25/h1-9,11-12,17H,10,13-14H2,(H,27,33)(H2,28,29,30,31,34). The van der Waals surface area contributed by atoms with Gasteiger partial charge in [0.2, 0.25) is 5.95 Å². The first-order chi connectivity index (χ1) is 16.7. The number of carbonyl (C=O) groups excluding carboxylic acids is 1. The lowest BCUT2D eigenvalue weighted by Gasteiger charge is -2.35. The molecule has 34 heavy (non-hydrogen) atoms. The van der Waals surface area contributed by atoms with Gasteiger partial charge in [0.1, 0.15) is 5.39 Å². The number of hydrogen-bond donors (Lipinski definition) is 3. The van der Waals surface area contributed by atoms with Crippen molar-refractivity contribution in [2.45, 2.75) is 12.5 Å². The predicted molar refractivity (Wildman–Crippen MR) is 129 cm³/mol. The first-order valence-corrected chi connectivity index (χ1v) is 11.0. The number of fused-ring (bicyclic) bond motifs is 3. The highest BCUT2D eigenvalue weighted by molar-refractivity contribution is 6.06. The van der Waals surface area contributed by atoms with Crippen molar-refractivity contribution < 1.29 is 4.79 Å². The molecule has 9 nitrogen and oxygen atoms in total. The lowest BCUT2D eigenvalue weighted by Crippen LogP contribution is -2.40. The van der Waals surface area contributed by atoms with Crippen LogP contribution in [0.3, 0.4) is 0 Å². The molecule has 0 bridgehead atoms. The zero-order chi connectivity index (χ0) is 23.1. The van der Waals surface area contributed by atoms with E-state index in [0.29, 0.717) is 42.2 Å². The minimum atomic E-state index is -0.235. The first kappa shape index (κ1) is 20.1. The maximum Gasteiger partial charge on any atom is 0.263 e. The van der Waals surface area contributed by atoms with Crippen molar-refractivity contribution in [3.8, 4) is 0 Å². The molecule has 1 aliphatic heterocycles. The van der Waals surface area contributed by atoms with E-state index in [9.17, 15) is 9.59 Å². The van der Waals surface area contributed by atoms with Crippen LogP contribution < -0.4 is 15.8 Å². The molecular formula is C25H21N7O2. The van der Waals surface area contributed by atoms with Crippen molar-refractivity contribution in [3.63, 3.8) is 0 Å². The third-order valence-electron chi connectivity index (χ3n) is 6.33. The molecule has 4 heterocycles. The molecule has 0 saturated carbocycles. The van der Waals surface area contributed by atoms with E-state index in [2.05, 4.69) is 42.6 Å². The summed E-state index contributed by atoms with van der Waals surface area (Å²) >= 11 is 0. The average Bonchev–Trinajstić information content (AvgIpc) is 3.36. The molecule has 0 spiro atoms. The Kier molecular flexibility index (Phi) is 4.80. The number of hydrogen-bond acceptors (Lipinski definition) is 6. The van der Waals surface area contributed by atoms with E-state index in [-0.39, 0.29) is 17.4 Å². The number of nitrogens with one attached hydrogen (secondary N) is 3. The molecule has 1 aliphatic rings. The van der Waals surface area contributed by atoms with Gasteiger partial charge in [0.15, 0.2) is 5.65 Å². The maximum absolute atomic E-state index is 13.1. The number of H-pyrrole nitrogens is 2. The quantitative estimate of drug-likeness (QED) is 0.387. The van der Waals surface area contributed by atoms with Crippen LogP contribution in [0.25, 0.3) is 21.8 Å². The first-order valence-electron chi connectivity index (χ1n) is 11.0. The van der Waals surface area contributed by atoms with Crippen LogP contribution in [0.2, 0.25) is 0 Å². The van der Waals surface area contributed by atoms with E-state index in [1.54, 1.807) is 12.4 Å². The van der Waals surface area contributed by atoms with Crippen LogP contribution in [0.15, 0.2) is 71.9 Å². The summed E-state index contributed by atoms with van der Waals surface area (Å²) in [6, 6.07) is 15.9. The third kappa shape index (κ3) is 3.47. The summed E-state index contributed by atoms with van der Waals surface area (Å²) in [4.78, 5) is 39.2. The molecule has 0 aliphatic carbocycles. The van der Waals surface area contributed by atoms with Crippen molar-refractivity contribution >= 4 is 33.7 Å². The molecule has 0 saturated heterocycles. The van der Waals surface area contributed by atoms with Crippen molar-refractivity contribution in [2.75, 3.05) is 18.0 Å². The molecule has 5 aromatic rings. The van der Waals surface area contributed by atoms with Crippen LogP contribution in [-0.2, 0) is 6.54 Å². The van der Waals surface area contributed by atoms with E-state index >= 15 is 0 Å². The van der Waals surface area contributed by atoms with Crippen LogP contribution in [0.4, 0.5) is 5.95 Å². The number of rotatable bonds is 4. The summed E-state index contributed by atoms with van der Waals surface area (Å²) < 4.78 is 0. The Bertz CT molecular complexity index is 1580. The number of anilines is 1. The molecule has 3 aromatic heterocycles. The predicted octanol–water partition coefficient (Wildman–Crippen LogP) is 2.73. The van der Waals surface area contributed by atoms with Crippen molar-refractivity contribution in [2.24, 2.45) is 0 Å². The van der Waals surface area contributed by atoms with E-state index in [0.717, 1.165) is 16.3 Å². The Morgan fingerprint density at radius 3 is 2.85 bits per heavy atom. The normalized spacial score (nSPS) is 15.4. The van der Waals surface area contributed by atoms with Crippen LogP contribution in [0, 0.1) is 0 Å². The largest absolute Gasteiger partial charge is 0.351 e. The van der Waals surface area contributed by atoms with E-state index in [1.165, 1.54) is 11.8 Å². The Labute approximate surface area is 193 Å². The zero-order valence-corrected chi connectivity index (χ0v) is 18.2. The Morgan fingerprint density at radius 1 is 1.06 bits per heavy atom. The van der Waals surface area contributed by atoms with E-state index in [1.807, 2.05) is 41.3 Å². The Morgan fingerprint density at radius 2 is 1.91 bits per heavy atom. The average molecular weight is 451 g/mol. The molecule has 1 amide bonds. The minimum absolute atomic E-state index is 0.0135. The molecule has 0 fully saturated rings. The van der Waals surface area contributed by atoms with Gasteiger partial charge in [0, 0.05) is 43.3 Å². The van der Waals surface area contributed by atoms with Gasteiger partial charge in [-0.2, -0.15) is 10.1 Å². The Hall–Kier alpha value is -4.53. The monoisotopic (exact) mass is 451 g/mol. The molecular weight excluding hydrogens is 430 g/mol. The van der Waals surface area contributed by atoms with Gasteiger partial charge in [-0.1, -0.05) is 48.5 Å². The fraction of sp³-hybridized carbons (Fsp3) is 0.160. The topological polar surface area (TPSA) is 120 Å². The third-order valence-corrected chi connectivity index (χ3v) is 6.33. The summed E-state index contributed by atoms with van der Waals surface area (Å²) in [5, 5.41) is 12.0. The van der Waals surface area contributed by atoms with Crippen LogP contribution >= 0.6 is 0 Å². The fourth-order valence-corrected chi connectivity index (χ4v) is 4.64. The second-order valence-corrected chi connectivity index (χ2v) is 8.42. The van der Waals surface area contributed by atoms with Gasteiger partial charge in [-0.3, -0.25) is 24.7 Å². The molecule has 9 heteroatoms. The summed E-state index contributed by atoms with van der Waals surface area (Å²) in [6.07, 6.45) is 4.83. The van der Waals surface area contributed by atoms with E-state index in [4.69, 9.17) is 0 Å². The number of aromatic amines is 2. The van der Waals surface area contributed by atoms with Crippen LogP contribution in [0.5, 0.6) is 0 Å². The summed E-state index contributed by atoms with van der Waals surface area (Å²) in [7, 11) is 0. The van der Waals surface area contributed by atoms with Gasteiger partial charge in [-0.05, 0) is 16.5 Å². The number of pyridine rings is 1. The molecule has 6 rings (SSSR count). The highest BCUT2D eigenvalue weighted by Crippen LogP contribution is 2.30. The highest BCUT2D eigenvalue weighted by atomic mass is 16.1. The lowest BCUT2D eigenvalue weighted by molar-refractivity contribution is 0.0952. The Balaban J connectivity index is 1.28. The summed E-state index contributed by atoms with van der Waals surface area (Å²) in [6.45, 7) is 1.64. The number of benzene rings is 2. The fourth-order valence-electron chi connectivity index (χ4n) is 4.64. The van der Waals surface area contributed by atoms with Crippen molar-refractivity contribution in [1.82, 2.24) is 30.5 Å². The van der Waals surface area contributed by atoms with Crippen LogP contribution in [0.1, 0.15) is 27.4 Å². The number of amides is 1. The van der Waals surface area contributed by atoms with E-state index < -0.39 is 0 Å². The SMILES string of the molecule is O=C(NCC1CN(c2nc3[nH]ncc3c(=O)[nH]2)Cc2ccccc21)c1cncc2ccccc12. The second-order valence-electron chi connectivity index (χ2n) is 8.42. The molecule has 168 valence electrons. The summed E-state index contributed by atoms with van der Waals surface area (Å²) in [5.41, 5.74) is 3.08. The van der Waals surface area contributed by atoms with Gasteiger partial charge < -0.3 is 10.2 Å². The minimum Gasteiger partial charge on any atom is -0.351 e. The zero-order valence-electron chi connectivity index (χ0n) is 18.2. The second kappa shape index (κ2) is 8.11. The lowest BCUT2D eigenvalue weighted by atomic mass is 9.89. The molecule has 1 atom stereocenters. The van der Waals surface area contributed by atoms with Crippen molar-refractivity contribution in [3.05, 3.63) is 94.2 Å². The van der Waals surface area contributed by atoms with Gasteiger partial charge in [0.25, 0.3) is 11.5 Å². The van der Waals surface area contributed by atoms with Gasteiger partial charge in [-0.15, -0.1) is 0 Å². The van der Waals surface area contributed by atoms with Gasteiger partial charge in [-0.25, -0.2) is 0 Å². The smallest absolute Gasteiger partial charge is 0.263 e. The van der Waals surface area contributed by atoms with Gasteiger partial charge >= 0.3 is 0 Å². The van der Waals surface area contributed by atoms with Crippen LogP contribution in [-0.4, -0.2) is 44.1 Å². The van der Waals surface area contributed by atoms with Crippen molar-refractivity contribution in [1.29, 1.82) is 0 Å². The maximum atomic E-state index is 13.1. The molecule has 3 N–H and O–H groups in total. The summed E-state index contributed by atoms with van der Waals surface area (Å²) in [5.74, 6) is 0.328.